The van der Waals surface area contributed by atoms with Crippen LogP contribution in [0.1, 0.15) is 13.3 Å². The fourth-order valence-corrected chi connectivity index (χ4v) is 2.62. The zero-order valence-corrected chi connectivity index (χ0v) is 13.4. The third kappa shape index (κ3) is 5.11. The Hall–Kier alpha value is -1.38. The summed E-state index contributed by atoms with van der Waals surface area (Å²) in [5, 5.41) is 6.20. The number of carbonyl (C=O) groups is 2. The van der Waals surface area contributed by atoms with Crippen molar-refractivity contribution in [2.45, 2.75) is 19.4 Å². The van der Waals surface area contributed by atoms with Crippen LogP contribution in [0.3, 0.4) is 0 Å². The number of carbonyl (C=O) groups excluding carboxylic acids is 2. The average Bonchev–Trinajstić information content (AvgIpc) is 2.85. The van der Waals surface area contributed by atoms with Gasteiger partial charge in [-0.2, -0.15) is 5.10 Å². The van der Waals surface area contributed by atoms with Crippen molar-refractivity contribution in [3.63, 3.8) is 0 Å². The monoisotopic (exact) mass is 331 g/mol. The van der Waals surface area contributed by atoms with Gasteiger partial charge in [0.2, 0.25) is 0 Å². The molecule has 1 unspecified atom stereocenters. The number of hydrogen-bond donors (Lipinski definition) is 2. The third-order valence-corrected chi connectivity index (χ3v) is 3.84. The molecular weight excluding hydrogens is 310 g/mol. The van der Waals surface area contributed by atoms with Crippen molar-refractivity contribution in [1.82, 2.24) is 20.8 Å². The van der Waals surface area contributed by atoms with E-state index < -0.39 is 5.91 Å². The van der Waals surface area contributed by atoms with Gasteiger partial charge in [0.15, 0.2) is 0 Å². The molecular formula is C13H22ClN5O3. The number of hydrazine groups is 1. The molecule has 2 heterocycles. The van der Waals surface area contributed by atoms with Crippen molar-refractivity contribution in [3.05, 3.63) is 0 Å². The molecule has 2 aliphatic heterocycles. The highest BCUT2D eigenvalue weighted by atomic mass is 35.5. The Morgan fingerprint density at radius 3 is 2.68 bits per heavy atom. The van der Waals surface area contributed by atoms with Crippen molar-refractivity contribution < 1.29 is 14.3 Å². The molecule has 1 fully saturated rings. The third-order valence-electron chi connectivity index (χ3n) is 3.59. The maximum Gasteiger partial charge on any atom is 0.259 e. The van der Waals surface area contributed by atoms with Crippen molar-refractivity contribution >= 4 is 29.1 Å². The van der Waals surface area contributed by atoms with E-state index in [0.29, 0.717) is 0 Å². The van der Waals surface area contributed by atoms with Gasteiger partial charge in [0.05, 0.1) is 19.3 Å². The van der Waals surface area contributed by atoms with Crippen molar-refractivity contribution in [3.8, 4) is 0 Å². The standard InChI is InChI=1S/C13H22ClN5O3/c1-10-6-11(8-18-2-4-22-5-3-18)19(17-10)9-13(21)16-15-12(20)7-14/h11H,2-9H2,1H3,(H,15,20)(H,16,21). The minimum Gasteiger partial charge on any atom is -0.379 e. The summed E-state index contributed by atoms with van der Waals surface area (Å²) >= 11 is 5.35. The molecule has 8 nitrogen and oxygen atoms in total. The Morgan fingerprint density at radius 2 is 2.00 bits per heavy atom. The molecule has 0 spiro atoms. The second kappa shape index (κ2) is 8.30. The van der Waals surface area contributed by atoms with Gasteiger partial charge in [-0.15, -0.1) is 11.6 Å². The number of hydrogen-bond acceptors (Lipinski definition) is 6. The van der Waals surface area contributed by atoms with Gasteiger partial charge in [0, 0.05) is 31.8 Å². The van der Waals surface area contributed by atoms with Crippen LogP contribution in [0.5, 0.6) is 0 Å². The number of nitrogens with one attached hydrogen (secondary N) is 2. The lowest BCUT2D eigenvalue weighted by atomic mass is 10.1. The van der Waals surface area contributed by atoms with Crippen LogP contribution in [0.25, 0.3) is 0 Å². The molecule has 0 radical (unpaired) electrons. The summed E-state index contributed by atoms with van der Waals surface area (Å²) in [6, 6.07) is 0.174. The van der Waals surface area contributed by atoms with Gasteiger partial charge in [-0.25, -0.2) is 0 Å². The van der Waals surface area contributed by atoms with Crippen LogP contribution in [0.4, 0.5) is 0 Å². The highest BCUT2D eigenvalue weighted by Gasteiger charge is 2.28. The summed E-state index contributed by atoms with van der Waals surface area (Å²) in [5.41, 5.74) is 5.58. The van der Waals surface area contributed by atoms with E-state index in [-0.39, 0.29) is 24.4 Å². The first-order chi connectivity index (χ1) is 10.6. The van der Waals surface area contributed by atoms with Crippen molar-refractivity contribution in [2.75, 3.05) is 45.3 Å². The number of amides is 2. The fourth-order valence-electron chi connectivity index (χ4n) is 2.55. The number of rotatable bonds is 5. The Labute approximate surface area is 134 Å². The zero-order valence-electron chi connectivity index (χ0n) is 12.7. The van der Waals surface area contributed by atoms with Crippen LogP contribution in [0, 0.1) is 0 Å². The molecule has 1 saturated heterocycles. The number of morpholine rings is 1. The van der Waals surface area contributed by atoms with E-state index in [1.165, 1.54) is 0 Å². The largest absolute Gasteiger partial charge is 0.379 e. The normalized spacial score (nSPS) is 22.4. The van der Waals surface area contributed by atoms with Crippen LogP contribution in [0.2, 0.25) is 0 Å². The molecule has 2 N–H and O–H groups in total. The van der Waals surface area contributed by atoms with Crippen LogP contribution < -0.4 is 10.9 Å². The lowest BCUT2D eigenvalue weighted by Gasteiger charge is -2.32. The van der Waals surface area contributed by atoms with Crippen LogP contribution in [-0.4, -0.2) is 78.7 Å². The minimum absolute atomic E-state index is 0.106. The predicted octanol–water partition coefficient (Wildman–Crippen LogP) is -0.845. The molecule has 0 saturated carbocycles. The van der Waals surface area contributed by atoms with Gasteiger partial charge >= 0.3 is 0 Å². The number of nitrogens with zero attached hydrogens (tertiary/aromatic N) is 3. The van der Waals surface area contributed by atoms with Crippen molar-refractivity contribution in [2.24, 2.45) is 5.10 Å². The summed E-state index contributed by atoms with van der Waals surface area (Å²) in [5.74, 6) is -0.953. The van der Waals surface area contributed by atoms with Gasteiger partial charge in [0.1, 0.15) is 12.4 Å². The minimum atomic E-state index is -0.444. The molecule has 9 heteroatoms. The summed E-state index contributed by atoms with van der Waals surface area (Å²) in [6.45, 7) is 6.22. The molecule has 1 atom stereocenters. The quantitative estimate of drug-likeness (QED) is 0.506. The fraction of sp³-hybridized carbons (Fsp3) is 0.769. The zero-order chi connectivity index (χ0) is 15.9. The Morgan fingerprint density at radius 1 is 1.32 bits per heavy atom. The maximum absolute atomic E-state index is 11.9. The molecule has 0 bridgehead atoms. The number of hydrazone groups is 1. The Bertz CT molecular complexity index is 439. The van der Waals surface area contributed by atoms with Crippen molar-refractivity contribution in [1.29, 1.82) is 0 Å². The lowest BCUT2D eigenvalue weighted by Crippen LogP contribution is -2.49. The second-order valence-electron chi connectivity index (χ2n) is 5.43. The van der Waals surface area contributed by atoms with E-state index >= 15 is 0 Å². The highest BCUT2D eigenvalue weighted by Crippen LogP contribution is 2.16. The first-order valence-electron chi connectivity index (χ1n) is 7.33. The first kappa shape index (κ1) is 17.0. The van der Waals surface area contributed by atoms with E-state index in [4.69, 9.17) is 16.3 Å². The summed E-state index contributed by atoms with van der Waals surface area (Å²) < 4.78 is 5.34. The van der Waals surface area contributed by atoms with Crippen LogP contribution >= 0.6 is 11.6 Å². The Balaban J connectivity index is 1.81. The van der Waals surface area contributed by atoms with Gasteiger partial charge in [-0.3, -0.25) is 30.3 Å². The molecule has 2 rings (SSSR count). The molecule has 2 amide bonds. The molecule has 2 aliphatic rings. The number of ether oxygens (including phenoxy) is 1. The molecule has 0 aromatic rings. The van der Waals surface area contributed by atoms with E-state index in [2.05, 4.69) is 20.9 Å². The van der Waals surface area contributed by atoms with Crippen LogP contribution in [-0.2, 0) is 14.3 Å². The van der Waals surface area contributed by atoms with Crippen LogP contribution in [0.15, 0.2) is 5.10 Å². The Kier molecular flexibility index (Phi) is 6.41. The maximum atomic E-state index is 11.9. The molecule has 0 aliphatic carbocycles. The van der Waals surface area contributed by atoms with Gasteiger partial charge in [-0.05, 0) is 6.92 Å². The highest BCUT2D eigenvalue weighted by molar-refractivity contribution is 6.27. The van der Waals surface area contributed by atoms with Gasteiger partial charge in [-0.1, -0.05) is 0 Å². The number of alkyl halides is 1. The van der Waals surface area contributed by atoms with E-state index in [1.54, 1.807) is 5.01 Å². The molecule has 124 valence electrons. The van der Waals surface area contributed by atoms with E-state index in [0.717, 1.165) is 45.0 Å². The SMILES string of the molecule is CC1=NN(CC(=O)NNC(=O)CCl)C(CN2CCOCC2)C1. The smallest absolute Gasteiger partial charge is 0.259 e. The molecule has 0 aromatic carbocycles. The molecule has 0 aromatic heterocycles. The van der Waals surface area contributed by atoms with E-state index in [1.807, 2.05) is 6.92 Å². The lowest BCUT2D eigenvalue weighted by molar-refractivity contribution is -0.128. The number of halogens is 1. The summed E-state index contributed by atoms with van der Waals surface area (Å²) in [4.78, 5) is 25.2. The molecule has 22 heavy (non-hydrogen) atoms. The second-order valence-corrected chi connectivity index (χ2v) is 5.70. The predicted molar refractivity (Wildman–Crippen MR) is 82.5 cm³/mol. The topological polar surface area (TPSA) is 86.3 Å². The average molecular weight is 332 g/mol. The van der Waals surface area contributed by atoms with Gasteiger partial charge < -0.3 is 4.74 Å². The summed E-state index contributed by atoms with van der Waals surface area (Å²) in [7, 11) is 0. The van der Waals surface area contributed by atoms with E-state index in [9.17, 15) is 9.59 Å². The summed E-state index contributed by atoms with van der Waals surface area (Å²) in [6.07, 6.45) is 0.846. The first-order valence-corrected chi connectivity index (χ1v) is 7.86. The van der Waals surface area contributed by atoms with Gasteiger partial charge in [0.25, 0.3) is 11.8 Å².